The van der Waals surface area contributed by atoms with E-state index in [2.05, 4.69) is 10.4 Å². The van der Waals surface area contributed by atoms with Gasteiger partial charge < -0.3 is 15.2 Å². The zero-order chi connectivity index (χ0) is 11.8. The maximum atomic E-state index is 8.73. The second-order valence-corrected chi connectivity index (χ2v) is 3.93. The number of rotatable bonds is 8. The van der Waals surface area contributed by atoms with Crippen molar-refractivity contribution in [2.75, 3.05) is 19.8 Å². The highest BCUT2D eigenvalue weighted by Gasteiger charge is 1.98. The summed E-state index contributed by atoms with van der Waals surface area (Å²) in [5.74, 6) is 0. The predicted octanol–water partition coefficient (Wildman–Crippen LogP) is 0.390. The summed E-state index contributed by atoms with van der Waals surface area (Å²) >= 11 is 0. The Morgan fingerprint density at radius 1 is 1.56 bits per heavy atom. The zero-order valence-electron chi connectivity index (χ0n) is 10.0. The number of aromatic nitrogens is 2. The molecule has 5 heteroatoms. The molecule has 0 spiro atoms. The monoisotopic (exact) mass is 227 g/mol. The van der Waals surface area contributed by atoms with E-state index in [9.17, 15) is 0 Å². The van der Waals surface area contributed by atoms with E-state index >= 15 is 0 Å². The highest BCUT2D eigenvalue weighted by atomic mass is 16.5. The van der Waals surface area contributed by atoms with Crippen molar-refractivity contribution in [1.29, 1.82) is 0 Å². The van der Waals surface area contributed by atoms with Gasteiger partial charge in [0.1, 0.15) is 0 Å². The van der Waals surface area contributed by atoms with Crippen molar-refractivity contribution in [3.8, 4) is 0 Å². The Hall–Kier alpha value is -0.910. The second-order valence-electron chi connectivity index (χ2n) is 3.93. The molecule has 0 saturated heterocycles. The average molecular weight is 227 g/mol. The van der Waals surface area contributed by atoms with Crippen LogP contribution in [0.2, 0.25) is 0 Å². The Bertz CT molecular complexity index is 287. The first-order valence-corrected chi connectivity index (χ1v) is 5.67. The van der Waals surface area contributed by atoms with Crippen molar-refractivity contribution in [2.45, 2.75) is 33.0 Å². The van der Waals surface area contributed by atoms with Crippen LogP contribution in [0.15, 0.2) is 12.4 Å². The van der Waals surface area contributed by atoms with Gasteiger partial charge in [-0.05, 0) is 13.8 Å². The molecule has 0 aromatic carbocycles. The first-order chi connectivity index (χ1) is 7.72. The fourth-order valence-corrected chi connectivity index (χ4v) is 1.32. The summed E-state index contributed by atoms with van der Waals surface area (Å²) < 4.78 is 7.14. The quantitative estimate of drug-likeness (QED) is 0.631. The highest BCUT2D eigenvalue weighted by molar-refractivity contribution is 5.03. The van der Waals surface area contributed by atoms with E-state index in [4.69, 9.17) is 9.84 Å². The van der Waals surface area contributed by atoms with Crippen LogP contribution in [0.3, 0.4) is 0 Å². The van der Waals surface area contributed by atoms with E-state index in [0.29, 0.717) is 6.54 Å². The number of nitrogens with one attached hydrogen (secondary N) is 1. The van der Waals surface area contributed by atoms with Crippen molar-refractivity contribution in [1.82, 2.24) is 15.1 Å². The van der Waals surface area contributed by atoms with Crippen molar-refractivity contribution in [3.63, 3.8) is 0 Å². The molecule has 0 aliphatic heterocycles. The highest BCUT2D eigenvalue weighted by Crippen LogP contribution is 1.96. The van der Waals surface area contributed by atoms with Crippen molar-refractivity contribution in [2.24, 2.45) is 0 Å². The molecule has 0 aliphatic carbocycles. The molecule has 1 rings (SSSR count). The van der Waals surface area contributed by atoms with Gasteiger partial charge in [-0.3, -0.25) is 4.68 Å². The molecule has 0 atom stereocenters. The predicted molar refractivity (Wildman–Crippen MR) is 62.1 cm³/mol. The van der Waals surface area contributed by atoms with Crippen LogP contribution in [0.4, 0.5) is 0 Å². The van der Waals surface area contributed by atoms with E-state index in [1.165, 1.54) is 0 Å². The molecule has 92 valence electrons. The van der Waals surface area contributed by atoms with Gasteiger partial charge in [0.15, 0.2) is 0 Å². The smallest absolute Gasteiger partial charge is 0.0640 e. The van der Waals surface area contributed by atoms with E-state index in [1.807, 2.05) is 26.2 Å². The molecule has 0 radical (unpaired) electrons. The van der Waals surface area contributed by atoms with E-state index < -0.39 is 0 Å². The normalized spacial score (nSPS) is 11.2. The molecular weight excluding hydrogens is 206 g/mol. The number of hydrogen-bond donors (Lipinski definition) is 2. The number of ether oxygens (including phenoxy) is 1. The van der Waals surface area contributed by atoms with Gasteiger partial charge in [0, 0.05) is 24.8 Å². The third-order valence-electron chi connectivity index (χ3n) is 2.07. The Labute approximate surface area is 96.4 Å². The molecule has 5 nitrogen and oxygen atoms in total. The number of nitrogens with zero attached hydrogens (tertiary/aromatic N) is 2. The van der Waals surface area contributed by atoms with Gasteiger partial charge in [-0.1, -0.05) is 0 Å². The molecule has 1 aromatic heterocycles. The number of hydrogen-bond acceptors (Lipinski definition) is 4. The molecule has 0 bridgehead atoms. The SMILES string of the molecule is CC(C)OCCNCc1cnn(CCO)c1. The summed E-state index contributed by atoms with van der Waals surface area (Å²) in [6, 6.07) is 0. The summed E-state index contributed by atoms with van der Waals surface area (Å²) in [5, 5.41) is 16.1. The third-order valence-corrected chi connectivity index (χ3v) is 2.07. The minimum absolute atomic E-state index is 0.122. The lowest BCUT2D eigenvalue weighted by Gasteiger charge is -2.07. The van der Waals surface area contributed by atoms with Gasteiger partial charge in [0.2, 0.25) is 0 Å². The summed E-state index contributed by atoms with van der Waals surface area (Å²) in [4.78, 5) is 0. The van der Waals surface area contributed by atoms with Gasteiger partial charge >= 0.3 is 0 Å². The summed E-state index contributed by atoms with van der Waals surface area (Å²) in [6.45, 7) is 7.07. The van der Waals surface area contributed by atoms with Gasteiger partial charge in [-0.2, -0.15) is 5.10 Å². The molecule has 2 N–H and O–H groups in total. The second kappa shape index (κ2) is 7.38. The van der Waals surface area contributed by atoms with Gasteiger partial charge in [-0.25, -0.2) is 0 Å². The van der Waals surface area contributed by atoms with Crippen LogP contribution in [0.1, 0.15) is 19.4 Å². The Kier molecular flexibility index (Phi) is 6.07. The van der Waals surface area contributed by atoms with Crippen LogP contribution >= 0.6 is 0 Å². The minimum atomic E-state index is 0.122. The van der Waals surface area contributed by atoms with Crippen LogP contribution in [0.25, 0.3) is 0 Å². The largest absolute Gasteiger partial charge is 0.394 e. The molecule has 1 heterocycles. The van der Waals surface area contributed by atoms with Crippen LogP contribution in [-0.4, -0.2) is 40.7 Å². The maximum absolute atomic E-state index is 8.73. The van der Waals surface area contributed by atoms with Gasteiger partial charge in [-0.15, -0.1) is 0 Å². The van der Waals surface area contributed by atoms with Crippen molar-refractivity contribution >= 4 is 0 Å². The minimum Gasteiger partial charge on any atom is -0.394 e. The number of aliphatic hydroxyl groups is 1. The molecule has 0 unspecified atom stereocenters. The number of aliphatic hydroxyl groups excluding tert-OH is 1. The first-order valence-electron chi connectivity index (χ1n) is 5.67. The molecule has 1 aromatic rings. The maximum Gasteiger partial charge on any atom is 0.0640 e. The topological polar surface area (TPSA) is 59.3 Å². The van der Waals surface area contributed by atoms with Crippen molar-refractivity contribution < 1.29 is 9.84 Å². The lowest BCUT2D eigenvalue weighted by molar-refractivity contribution is 0.0807. The fourth-order valence-electron chi connectivity index (χ4n) is 1.32. The van der Waals surface area contributed by atoms with E-state index in [0.717, 1.165) is 25.3 Å². The van der Waals surface area contributed by atoms with Crippen LogP contribution in [0.5, 0.6) is 0 Å². The third kappa shape index (κ3) is 5.25. The van der Waals surface area contributed by atoms with Gasteiger partial charge in [0.05, 0.1) is 32.1 Å². The fraction of sp³-hybridized carbons (Fsp3) is 0.727. The van der Waals surface area contributed by atoms with Crippen molar-refractivity contribution in [3.05, 3.63) is 18.0 Å². The summed E-state index contributed by atoms with van der Waals surface area (Å²) in [5.41, 5.74) is 1.12. The molecule has 0 amide bonds. The van der Waals surface area contributed by atoms with Crippen LogP contribution < -0.4 is 5.32 Å². The van der Waals surface area contributed by atoms with E-state index in [1.54, 1.807) is 4.68 Å². The van der Waals surface area contributed by atoms with Crippen LogP contribution in [-0.2, 0) is 17.8 Å². The Morgan fingerprint density at radius 3 is 3.06 bits per heavy atom. The molecule has 16 heavy (non-hydrogen) atoms. The zero-order valence-corrected chi connectivity index (χ0v) is 10.0. The standard InChI is InChI=1S/C11H21N3O2/c1-10(2)16-6-3-12-7-11-8-13-14(9-11)4-5-15/h8-10,12,15H,3-7H2,1-2H3. The average Bonchev–Trinajstić information content (AvgIpc) is 2.65. The van der Waals surface area contributed by atoms with Gasteiger partial charge in [0.25, 0.3) is 0 Å². The van der Waals surface area contributed by atoms with E-state index in [-0.39, 0.29) is 12.7 Å². The summed E-state index contributed by atoms with van der Waals surface area (Å²) in [6.07, 6.45) is 4.03. The lowest BCUT2D eigenvalue weighted by atomic mass is 10.3. The molecular formula is C11H21N3O2. The Balaban J connectivity index is 2.12. The lowest BCUT2D eigenvalue weighted by Crippen LogP contribution is -2.20. The Morgan fingerprint density at radius 2 is 2.38 bits per heavy atom. The van der Waals surface area contributed by atoms with Crippen LogP contribution in [0, 0.1) is 0 Å². The molecule has 0 fully saturated rings. The summed E-state index contributed by atoms with van der Waals surface area (Å²) in [7, 11) is 0. The molecule has 0 saturated carbocycles. The first kappa shape index (κ1) is 13.2. The molecule has 0 aliphatic rings.